The van der Waals surface area contributed by atoms with Gasteiger partial charge in [0.25, 0.3) is 0 Å². The average molecular weight is 170 g/mol. The molecule has 0 saturated heterocycles. The summed E-state index contributed by atoms with van der Waals surface area (Å²) >= 11 is 0. The molecule has 0 aromatic rings. The van der Waals surface area contributed by atoms with Crippen LogP contribution in [0.25, 0.3) is 0 Å². The zero-order valence-corrected chi connectivity index (χ0v) is 7.46. The fourth-order valence-corrected chi connectivity index (χ4v) is 0.960. The van der Waals surface area contributed by atoms with Crippen molar-refractivity contribution in [2.24, 2.45) is 4.99 Å². The third-order valence-electron chi connectivity index (χ3n) is 1.63. The van der Waals surface area contributed by atoms with E-state index in [4.69, 9.17) is 5.41 Å². The minimum atomic E-state index is 0.728. The molecule has 1 rings (SSSR count). The van der Waals surface area contributed by atoms with Crippen LogP contribution in [0.5, 0.6) is 0 Å². The number of hydrogen-bond acceptors (Lipinski definition) is 2. The summed E-state index contributed by atoms with van der Waals surface area (Å²) in [4.78, 5) is 3.98. The van der Waals surface area contributed by atoms with Gasteiger partial charge in [0.05, 0.1) is 5.70 Å². The highest BCUT2D eigenvalue weighted by Gasteiger charge is 2.04. The van der Waals surface area contributed by atoms with E-state index in [1.54, 1.807) is 18.2 Å². The monoisotopic (exact) mass is 170 g/mol. The molecule has 0 aromatic carbocycles. The number of nitrogens with zero attached hydrogens (tertiary/aromatic N) is 1. The Bertz CT molecular complexity index is 396. The summed E-state index contributed by atoms with van der Waals surface area (Å²) in [5.74, 6) is 2.65. The van der Waals surface area contributed by atoms with Crippen molar-refractivity contribution < 1.29 is 0 Å². The van der Waals surface area contributed by atoms with Crippen LogP contribution in [-0.2, 0) is 0 Å². The Labute approximate surface area is 77.5 Å². The Balaban J connectivity index is 3.15. The van der Waals surface area contributed by atoms with Crippen LogP contribution in [0.3, 0.4) is 0 Å². The lowest BCUT2D eigenvalue weighted by Gasteiger charge is -2.02. The summed E-state index contributed by atoms with van der Waals surface area (Å²) in [6.45, 7) is 5.44. The number of aliphatic imine (C=N–C) groups is 1. The van der Waals surface area contributed by atoms with E-state index in [1.165, 1.54) is 6.21 Å². The van der Waals surface area contributed by atoms with Gasteiger partial charge in [-0.25, -0.2) is 0 Å². The number of nitrogens with one attached hydrogen (secondary N) is 1. The molecule has 0 unspecified atom stereocenters. The second-order valence-corrected chi connectivity index (χ2v) is 2.51. The lowest BCUT2D eigenvalue weighted by Crippen LogP contribution is -1.93. The molecular formula is C11H10N2. The Kier molecular flexibility index (Phi) is 2.99. The predicted octanol–water partition coefficient (Wildman–Crippen LogP) is 2.42. The highest BCUT2D eigenvalue weighted by atomic mass is 14.7. The van der Waals surface area contributed by atoms with Gasteiger partial charge in [0.2, 0.25) is 0 Å². The van der Waals surface area contributed by atoms with Gasteiger partial charge in [-0.15, -0.1) is 0 Å². The molecular weight excluding hydrogens is 160 g/mol. The Morgan fingerprint density at radius 2 is 2.31 bits per heavy atom. The molecule has 13 heavy (non-hydrogen) atoms. The molecule has 0 bridgehead atoms. The summed E-state index contributed by atoms with van der Waals surface area (Å²) in [6.07, 6.45) is 6.52. The van der Waals surface area contributed by atoms with E-state index in [0.29, 0.717) is 0 Å². The van der Waals surface area contributed by atoms with Crippen LogP contribution in [0.1, 0.15) is 6.92 Å². The molecule has 0 fully saturated rings. The summed E-state index contributed by atoms with van der Waals surface area (Å²) in [6, 6.07) is 0. The predicted molar refractivity (Wildman–Crippen MR) is 55.3 cm³/mol. The maximum absolute atomic E-state index is 7.20. The molecule has 0 atom stereocenters. The fourth-order valence-electron chi connectivity index (χ4n) is 0.960. The highest BCUT2D eigenvalue weighted by Crippen LogP contribution is 2.15. The fraction of sp³-hybridized carbons (Fsp3) is 0.0909. The van der Waals surface area contributed by atoms with Crippen molar-refractivity contribution in [1.29, 1.82) is 5.41 Å². The molecule has 2 heteroatoms. The van der Waals surface area contributed by atoms with E-state index < -0.39 is 0 Å². The van der Waals surface area contributed by atoms with Gasteiger partial charge in [-0.1, -0.05) is 18.7 Å². The zero-order valence-electron chi connectivity index (χ0n) is 7.46. The molecule has 0 aliphatic carbocycles. The van der Waals surface area contributed by atoms with Crippen LogP contribution in [0.4, 0.5) is 0 Å². The van der Waals surface area contributed by atoms with Crippen molar-refractivity contribution in [1.82, 2.24) is 0 Å². The first-order chi connectivity index (χ1) is 6.29. The maximum atomic E-state index is 7.20. The Hall–Kier alpha value is -1.88. The Morgan fingerprint density at radius 3 is 2.92 bits per heavy atom. The maximum Gasteiger partial charge on any atom is 0.0833 e. The number of rotatable bonds is 3. The minimum absolute atomic E-state index is 0.728. The van der Waals surface area contributed by atoms with Gasteiger partial charge < -0.3 is 5.41 Å². The molecule has 0 aromatic heterocycles. The zero-order chi connectivity index (χ0) is 9.68. The topological polar surface area (TPSA) is 36.2 Å². The van der Waals surface area contributed by atoms with Crippen LogP contribution >= 0.6 is 0 Å². The normalized spacial score (nSPS) is 15.0. The van der Waals surface area contributed by atoms with Gasteiger partial charge in [-0.2, -0.15) is 4.99 Å². The van der Waals surface area contributed by atoms with Crippen LogP contribution in [0, 0.1) is 5.41 Å². The van der Waals surface area contributed by atoms with Crippen molar-refractivity contribution >= 4 is 12.1 Å². The number of hydrogen-bond donors (Lipinski definition) is 1. The van der Waals surface area contributed by atoms with E-state index in [9.17, 15) is 0 Å². The first-order valence-corrected chi connectivity index (χ1v) is 3.89. The summed E-state index contributed by atoms with van der Waals surface area (Å²) < 4.78 is 0. The van der Waals surface area contributed by atoms with Crippen LogP contribution in [0.15, 0.2) is 52.4 Å². The van der Waals surface area contributed by atoms with Gasteiger partial charge in [-0.3, -0.25) is 0 Å². The van der Waals surface area contributed by atoms with E-state index in [1.807, 2.05) is 6.92 Å². The molecule has 1 N–H and O–H groups in total. The minimum Gasteiger partial charge on any atom is -0.308 e. The SMILES string of the molecule is C=C/C=C\C1=C(C=N)C(C)=C=C=N1. The smallest absolute Gasteiger partial charge is 0.0833 e. The second-order valence-electron chi connectivity index (χ2n) is 2.51. The molecule has 0 radical (unpaired) electrons. The van der Waals surface area contributed by atoms with Gasteiger partial charge in [-0.05, 0) is 18.7 Å². The first kappa shape index (κ1) is 9.21. The molecule has 64 valence electrons. The molecule has 1 heterocycles. The van der Waals surface area contributed by atoms with Gasteiger partial charge >= 0.3 is 0 Å². The first-order valence-electron chi connectivity index (χ1n) is 3.89. The van der Waals surface area contributed by atoms with E-state index in [-0.39, 0.29) is 0 Å². The lowest BCUT2D eigenvalue weighted by molar-refractivity contribution is 1.32. The summed E-state index contributed by atoms with van der Waals surface area (Å²) in [5, 5.41) is 7.20. The molecule has 0 amide bonds. The lowest BCUT2D eigenvalue weighted by atomic mass is 10.1. The second kappa shape index (κ2) is 4.22. The molecule has 0 spiro atoms. The van der Waals surface area contributed by atoms with Crippen LogP contribution in [-0.4, -0.2) is 12.1 Å². The average Bonchev–Trinajstić information content (AvgIpc) is 2.15. The van der Waals surface area contributed by atoms with Gasteiger partial charge in [0, 0.05) is 23.2 Å². The van der Waals surface area contributed by atoms with Gasteiger partial charge in [0.15, 0.2) is 0 Å². The standard InChI is InChI=1S/C11H10N2/c1-3-4-5-11-10(8-12)9(2)6-7-13-11/h3-5,8,12H,1H2,2H3/b5-4-,12-8?. The quantitative estimate of drug-likeness (QED) is 0.383. The highest BCUT2D eigenvalue weighted by molar-refractivity contribution is 5.86. The largest absolute Gasteiger partial charge is 0.308 e. The molecule has 0 saturated carbocycles. The van der Waals surface area contributed by atoms with Gasteiger partial charge in [0.1, 0.15) is 0 Å². The molecule has 1 aliphatic heterocycles. The van der Waals surface area contributed by atoms with Crippen molar-refractivity contribution in [3.63, 3.8) is 0 Å². The summed E-state index contributed by atoms with van der Waals surface area (Å²) in [5.41, 5.74) is 5.21. The van der Waals surface area contributed by atoms with Crippen molar-refractivity contribution in [3.8, 4) is 0 Å². The van der Waals surface area contributed by atoms with Crippen LogP contribution in [0.2, 0.25) is 0 Å². The third-order valence-corrected chi connectivity index (χ3v) is 1.63. The van der Waals surface area contributed by atoms with Crippen LogP contribution < -0.4 is 0 Å². The molecule has 1 aliphatic rings. The summed E-state index contributed by atoms with van der Waals surface area (Å²) in [7, 11) is 0. The van der Waals surface area contributed by atoms with Crippen molar-refractivity contribution in [2.75, 3.05) is 0 Å². The van der Waals surface area contributed by atoms with E-state index in [2.05, 4.69) is 23.2 Å². The van der Waals surface area contributed by atoms with E-state index >= 15 is 0 Å². The Morgan fingerprint density at radius 1 is 1.54 bits per heavy atom. The van der Waals surface area contributed by atoms with E-state index in [0.717, 1.165) is 16.8 Å². The third kappa shape index (κ3) is 2.03. The molecule has 2 nitrogen and oxygen atoms in total. The number of allylic oxidation sites excluding steroid dienone is 5. The van der Waals surface area contributed by atoms with Crippen molar-refractivity contribution in [3.05, 3.63) is 47.4 Å². The van der Waals surface area contributed by atoms with Crippen molar-refractivity contribution in [2.45, 2.75) is 6.92 Å².